The molecule has 1 heterocycles. The first kappa shape index (κ1) is 10.1. The van der Waals surface area contributed by atoms with E-state index in [0.717, 1.165) is 11.4 Å². The fourth-order valence-corrected chi connectivity index (χ4v) is 1.35. The predicted molar refractivity (Wildman–Crippen MR) is 49.9 cm³/mol. The lowest BCUT2D eigenvalue weighted by Crippen LogP contribution is -2.28. The molecule has 0 aliphatic heterocycles. The second kappa shape index (κ2) is 3.81. The van der Waals surface area contributed by atoms with Crippen LogP contribution in [0.5, 0.6) is 0 Å². The van der Waals surface area contributed by atoms with Crippen molar-refractivity contribution in [3.05, 3.63) is 23.8 Å². The third-order valence-electron chi connectivity index (χ3n) is 1.97. The van der Waals surface area contributed by atoms with Gasteiger partial charge in [0.2, 0.25) is 0 Å². The molecule has 4 nitrogen and oxygen atoms in total. The van der Waals surface area contributed by atoms with Gasteiger partial charge in [0.1, 0.15) is 0 Å². The molecule has 4 heteroatoms. The van der Waals surface area contributed by atoms with Crippen LogP contribution in [0.1, 0.15) is 25.2 Å². The van der Waals surface area contributed by atoms with Crippen LogP contribution < -0.4 is 5.90 Å². The van der Waals surface area contributed by atoms with Crippen molar-refractivity contribution in [2.24, 2.45) is 5.90 Å². The van der Waals surface area contributed by atoms with Gasteiger partial charge in [0.15, 0.2) is 0 Å². The molecule has 1 aromatic rings. The lowest BCUT2D eigenvalue weighted by molar-refractivity contribution is 0.0945. The summed E-state index contributed by atoms with van der Waals surface area (Å²) in [6.45, 7) is 6.42. The average Bonchev–Trinajstić information content (AvgIpc) is 2.04. The Morgan fingerprint density at radius 3 is 2.54 bits per heavy atom. The molecule has 0 saturated heterocycles. The number of aryl methyl sites for hydroxylation is 1. The summed E-state index contributed by atoms with van der Waals surface area (Å²) in [5.41, 5.74) is 1.66. The lowest BCUT2D eigenvalue weighted by Gasteiger charge is -2.23. The summed E-state index contributed by atoms with van der Waals surface area (Å²) in [6.07, 6.45) is 3.36. The topological polar surface area (TPSA) is 61.0 Å². The maximum Gasteiger partial charge on any atom is 0.0786 e. The summed E-state index contributed by atoms with van der Waals surface area (Å²) in [6, 6.07) is 0. The molecule has 0 aliphatic rings. The summed E-state index contributed by atoms with van der Waals surface area (Å²) in [7, 11) is 0. The number of hydrogen-bond acceptors (Lipinski definition) is 4. The molecule has 1 rings (SSSR count). The maximum absolute atomic E-state index is 5.05. The van der Waals surface area contributed by atoms with Gasteiger partial charge >= 0.3 is 0 Å². The van der Waals surface area contributed by atoms with E-state index in [-0.39, 0.29) is 5.41 Å². The van der Waals surface area contributed by atoms with Gasteiger partial charge in [-0.15, -0.1) is 0 Å². The highest BCUT2D eigenvalue weighted by Gasteiger charge is 2.24. The van der Waals surface area contributed by atoms with Gasteiger partial charge in [0.05, 0.1) is 18.0 Å². The molecular formula is C9H15N3O. The van der Waals surface area contributed by atoms with Gasteiger partial charge in [-0.05, 0) is 6.92 Å². The third-order valence-corrected chi connectivity index (χ3v) is 1.97. The van der Waals surface area contributed by atoms with Crippen LogP contribution in [-0.2, 0) is 10.3 Å². The molecule has 0 aromatic carbocycles. The van der Waals surface area contributed by atoms with E-state index in [1.807, 2.05) is 20.8 Å². The first-order chi connectivity index (χ1) is 6.08. The Kier molecular flexibility index (Phi) is 2.95. The van der Waals surface area contributed by atoms with E-state index in [4.69, 9.17) is 5.90 Å². The van der Waals surface area contributed by atoms with Crippen LogP contribution in [-0.4, -0.2) is 16.6 Å². The van der Waals surface area contributed by atoms with Gasteiger partial charge in [0.25, 0.3) is 0 Å². The summed E-state index contributed by atoms with van der Waals surface area (Å²) in [4.78, 5) is 13.1. The van der Waals surface area contributed by atoms with Crippen LogP contribution in [0.25, 0.3) is 0 Å². The Morgan fingerprint density at radius 2 is 2.00 bits per heavy atom. The molecule has 0 bridgehead atoms. The Bertz CT molecular complexity index is 286. The summed E-state index contributed by atoms with van der Waals surface area (Å²) < 4.78 is 0. The van der Waals surface area contributed by atoms with Gasteiger partial charge < -0.3 is 4.84 Å². The molecule has 72 valence electrons. The smallest absolute Gasteiger partial charge is 0.0786 e. The molecule has 0 aliphatic carbocycles. The Balaban J connectivity index is 2.99. The van der Waals surface area contributed by atoms with Gasteiger partial charge in [0, 0.05) is 17.8 Å². The molecule has 0 unspecified atom stereocenters. The molecule has 0 amide bonds. The minimum absolute atomic E-state index is 0.187. The van der Waals surface area contributed by atoms with Crippen LogP contribution in [0.3, 0.4) is 0 Å². The summed E-state index contributed by atoms with van der Waals surface area (Å²) >= 11 is 0. The van der Waals surface area contributed by atoms with Gasteiger partial charge in [-0.3, -0.25) is 9.97 Å². The van der Waals surface area contributed by atoms with E-state index in [1.54, 1.807) is 12.4 Å². The van der Waals surface area contributed by atoms with Crippen molar-refractivity contribution in [3.63, 3.8) is 0 Å². The summed E-state index contributed by atoms with van der Waals surface area (Å²) in [5, 5.41) is 0. The van der Waals surface area contributed by atoms with Gasteiger partial charge in [-0.2, -0.15) is 0 Å². The Labute approximate surface area is 78.1 Å². The lowest BCUT2D eigenvalue weighted by atomic mass is 9.89. The zero-order valence-electron chi connectivity index (χ0n) is 8.24. The maximum atomic E-state index is 5.05. The minimum Gasteiger partial charge on any atom is -0.304 e. The van der Waals surface area contributed by atoms with E-state index in [9.17, 15) is 0 Å². The average molecular weight is 181 g/mol. The van der Waals surface area contributed by atoms with E-state index < -0.39 is 0 Å². The fraction of sp³-hybridized carbons (Fsp3) is 0.556. The van der Waals surface area contributed by atoms with Crippen LogP contribution in [0.4, 0.5) is 0 Å². The first-order valence-electron chi connectivity index (χ1n) is 4.17. The SMILES string of the molecule is Cc1nccnc1C(C)(C)CON. The summed E-state index contributed by atoms with van der Waals surface area (Å²) in [5.74, 6) is 5.05. The monoisotopic (exact) mass is 181 g/mol. The molecule has 2 N–H and O–H groups in total. The highest BCUT2D eigenvalue weighted by atomic mass is 16.6. The minimum atomic E-state index is -0.187. The fourth-order valence-electron chi connectivity index (χ4n) is 1.35. The Morgan fingerprint density at radius 1 is 1.38 bits per heavy atom. The number of hydrogen-bond donors (Lipinski definition) is 1. The van der Waals surface area contributed by atoms with Crippen LogP contribution in [0, 0.1) is 6.92 Å². The first-order valence-corrected chi connectivity index (χ1v) is 4.17. The zero-order chi connectivity index (χ0) is 9.90. The molecule has 0 spiro atoms. The largest absolute Gasteiger partial charge is 0.304 e. The van der Waals surface area contributed by atoms with Crippen molar-refractivity contribution in [1.82, 2.24) is 9.97 Å². The normalized spacial score (nSPS) is 11.7. The van der Waals surface area contributed by atoms with Crippen LogP contribution in [0.2, 0.25) is 0 Å². The Hall–Kier alpha value is -1.00. The van der Waals surface area contributed by atoms with E-state index in [2.05, 4.69) is 14.8 Å². The van der Waals surface area contributed by atoms with E-state index in [0.29, 0.717) is 6.61 Å². The van der Waals surface area contributed by atoms with Crippen molar-refractivity contribution in [2.75, 3.05) is 6.61 Å². The highest BCUT2D eigenvalue weighted by Crippen LogP contribution is 2.22. The standard InChI is InChI=1S/C9H15N3O/c1-7-8(12-5-4-11-7)9(2,3)6-13-10/h4-5H,6,10H2,1-3H3. The molecular weight excluding hydrogens is 166 g/mol. The van der Waals surface area contributed by atoms with E-state index >= 15 is 0 Å². The molecule has 13 heavy (non-hydrogen) atoms. The van der Waals surface area contributed by atoms with Gasteiger partial charge in [-0.1, -0.05) is 13.8 Å². The number of nitrogens with two attached hydrogens (primary N) is 1. The van der Waals surface area contributed by atoms with Crippen molar-refractivity contribution in [1.29, 1.82) is 0 Å². The molecule has 1 aromatic heterocycles. The second-order valence-electron chi connectivity index (χ2n) is 3.69. The zero-order valence-corrected chi connectivity index (χ0v) is 8.24. The molecule has 0 fully saturated rings. The quantitative estimate of drug-likeness (QED) is 0.705. The van der Waals surface area contributed by atoms with Crippen LogP contribution in [0.15, 0.2) is 12.4 Å². The highest BCUT2D eigenvalue weighted by molar-refractivity contribution is 5.18. The number of nitrogens with zero attached hydrogens (tertiary/aromatic N) is 2. The van der Waals surface area contributed by atoms with Crippen molar-refractivity contribution < 1.29 is 4.84 Å². The number of rotatable bonds is 3. The molecule has 0 radical (unpaired) electrons. The predicted octanol–water partition coefficient (Wildman–Crippen LogP) is 0.953. The third kappa shape index (κ3) is 2.23. The van der Waals surface area contributed by atoms with Gasteiger partial charge in [-0.25, -0.2) is 5.90 Å². The second-order valence-corrected chi connectivity index (χ2v) is 3.69. The van der Waals surface area contributed by atoms with Crippen molar-refractivity contribution >= 4 is 0 Å². The van der Waals surface area contributed by atoms with Crippen molar-refractivity contribution in [2.45, 2.75) is 26.2 Å². The van der Waals surface area contributed by atoms with E-state index in [1.165, 1.54) is 0 Å². The van der Waals surface area contributed by atoms with Crippen LogP contribution >= 0.6 is 0 Å². The molecule has 0 saturated carbocycles. The number of aromatic nitrogens is 2. The molecule has 0 atom stereocenters. The van der Waals surface area contributed by atoms with Crippen molar-refractivity contribution in [3.8, 4) is 0 Å².